The van der Waals surface area contributed by atoms with E-state index in [0.29, 0.717) is 5.76 Å². The maximum Gasteiger partial charge on any atom is 0.322 e. The minimum absolute atomic E-state index is 0.212. The number of nitrogens with one attached hydrogen (secondary N) is 3. The van der Waals surface area contributed by atoms with Gasteiger partial charge in [-0.25, -0.2) is 0 Å². The van der Waals surface area contributed by atoms with Crippen LogP contribution in [0.5, 0.6) is 0 Å². The number of aliphatic carboxylic acids is 1. The second-order valence-electron chi connectivity index (χ2n) is 5.99. The quantitative estimate of drug-likeness (QED) is 0.425. The fourth-order valence-electron chi connectivity index (χ4n) is 2.35. The molecule has 0 saturated heterocycles. The van der Waals surface area contributed by atoms with Crippen molar-refractivity contribution in [3.05, 3.63) is 66.1 Å². The molecule has 9 nitrogen and oxygen atoms in total. The molecule has 0 aliphatic heterocycles. The zero-order valence-electron chi connectivity index (χ0n) is 15.5. The van der Waals surface area contributed by atoms with Crippen molar-refractivity contribution in [3.8, 4) is 0 Å². The van der Waals surface area contributed by atoms with Crippen molar-refractivity contribution in [1.29, 1.82) is 0 Å². The molecule has 29 heavy (non-hydrogen) atoms. The minimum atomic E-state index is -1.19. The minimum Gasteiger partial charge on any atom is -0.480 e. The van der Waals surface area contributed by atoms with Crippen LogP contribution in [0.3, 0.4) is 0 Å². The van der Waals surface area contributed by atoms with Crippen molar-refractivity contribution in [1.82, 2.24) is 16.0 Å². The Bertz CT molecular complexity index is 862. The number of hydrogen-bond donors (Lipinski definition) is 4. The predicted molar refractivity (Wildman–Crippen MR) is 103 cm³/mol. The van der Waals surface area contributed by atoms with Crippen LogP contribution in [0.25, 0.3) is 6.08 Å². The Hall–Kier alpha value is -3.88. The van der Waals surface area contributed by atoms with Gasteiger partial charge in [0.1, 0.15) is 18.3 Å². The number of amides is 3. The largest absolute Gasteiger partial charge is 0.480 e. The highest BCUT2D eigenvalue weighted by Crippen LogP contribution is 2.05. The van der Waals surface area contributed by atoms with Crippen molar-refractivity contribution in [2.45, 2.75) is 12.5 Å². The van der Waals surface area contributed by atoms with E-state index in [1.807, 2.05) is 30.3 Å². The molecule has 0 aliphatic carbocycles. The first kappa shape index (κ1) is 21.4. The van der Waals surface area contributed by atoms with Gasteiger partial charge in [0.15, 0.2) is 0 Å². The Morgan fingerprint density at radius 1 is 1.00 bits per heavy atom. The average Bonchev–Trinajstić information content (AvgIpc) is 3.23. The second-order valence-corrected chi connectivity index (χ2v) is 5.99. The van der Waals surface area contributed by atoms with Gasteiger partial charge >= 0.3 is 5.97 Å². The number of hydrogen-bond acceptors (Lipinski definition) is 5. The van der Waals surface area contributed by atoms with Gasteiger partial charge in [0.2, 0.25) is 17.7 Å². The van der Waals surface area contributed by atoms with Crippen molar-refractivity contribution < 1.29 is 28.7 Å². The Morgan fingerprint density at radius 3 is 2.41 bits per heavy atom. The van der Waals surface area contributed by atoms with Gasteiger partial charge in [0, 0.05) is 12.5 Å². The van der Waals surface area contributed by atoms with Crippen LogP contribution in [0, 0.1) is 0 Å². The first-order valence-corrected chi connectivity index (χ1v) is 8.76. The number of carbonyl (C=O) groups excluding carboxylic acids is 3. The lowest BCUT2D eigenvalue weighted by Gasteiger charge is -2.17. The second kappa shape index (κ2) is 11.1. The molecule has 0 aliphatic rings. The van der Waals surface area contributed by atoms with E-state index in [1.54, 1.807) is 12.1 Å². The van der Waals surface area contributed by atoms with E-state index < -0.39 is 42.8 Å². The number of benzene rings is 1. The van der Waals surface area contributed by atoms with Gasteiger partial charge in [-0.05, 0) is 23.8 Å². The van der Waals surface area contributed by atoms with E-state index in [0.717, 1.165) is 5.56 Å². The first-order chi connectivity index (χ1) is 13.9. The van der Waals surface area contributed by atoms with Gasteiger partial charge in [0.05, 0.1) is 12.8 Å². The summed E-state index contributed by atoms with van der Waals surface area (Å²) in [7, 11) is 0. The van der Waals surface area contributed by atoms with Gasteiger partial charge in [0.25, 0.3) is 0 Å². The Morgan fingerprint density at radius 2 is 1.76 bits per heavy atom. The molecule has 152 valence electrons. The van der Waals surface area contributed by atoms with Crippen LogP contribution in [0.15, 0.2) is 59.2 Å². The Labute approximate surface area is 166 Å². The van der Waals surface area contributed by atoms with Crippen molar-refractivity contribution in [2.75, 3.05) is 13.1 Å². The topological polar surface area (TPSA) is 138 Å². The number of carboxylic acid groups (broad SMARTS) is 1. The predicted octanol–water partition coefficient (Wildman–Crippen LogP) is 0.337. The molecule has 0 bridgehead atoms. The SMILES string of the molecule is O=C(O)CNC(=O)CNC(=O)C(Cc1ccccc1)NC(=O)/C=C/c1ccco1. The Balaban J connectivity index is 1.97. The summed E-state index contributed by atoms with van der Waals surface area (Å²) >= 11 is 0. The lowest BCUT2D eigenvalue weighted by atomic mass is 10.1. The molecule has 0 saturated carbocycles. The molecular formula is C20H21N3O6. The summed E-state index contributed by atoms with van der Waals surface area (Å²) in [5, 5.41) is 15.7. The van der Waals surface area contributed by atoms with E-state index in [9.17, 15) is 19.2 Å². The summed E-state index contributed by atoms with van der Waals surface area (Å²) in [6.07, 6.45) is 4.39. The smallest absolute Gasteiger partial charge is 0.322 e. The summed E-state index contributed by atoms with van der Waals surface area (Å²) in [5.74, 6) is -2.43. The van der Waals surface area contributed by atoms with Crippen LogP contribution >= 0.6 is 0 Å². The van der Waals surface area contributed by atoms with Crippen LogP contribution in [0.1, 0.15) is 11.3 Å². The standard InChI is InChI=1S/C20H21N3O6/c24-17(9-8-15-7-4-10-29-15)23-16(11-14-5-2-1-3-6-14)20(28)22-12-18(25)21-13-19(26)27/h1-10,16H,11-13H2,(H,21,25)(H,22,28)(H,23,24)(H,26,27)/b9-8+. The summed E-state index contributed by atoms with van der Waals surface area (Å²) < 4.78 is 5.10. The highest BCUT2D eigenvalue weighted by molar-refractivity contribution is 5.96. The maximum absolute atomic E-state index is 12.5. The molecule has 1 aromatic carbocycles. The molecule has 1 atom stereocenters. The molecule has 2 rings (SSSR count). The molecule has 9 heteroatoms. The lowest BCUT2D eigenvalue weighted by molar-refractivity contribution is -0.137. The number of carboxylic acids is 1. The van der Waals surface area contributed by atoms with Crippen molar-refractivity contribution in [2.24, 2.45) is 0 Å². The van der Waals surface area contributed by atoms with Crippen LogP contribution < -0.4 is 16.0 Å². The lowest BCUT2D eigenvalue weighted by Crippen LogP contribution is -2.50. The zero-order chi connectivity index (χ0) is 21.1. The summed E-state index contributed by atoms with van der Waals surface area (Å²) in [6.45, 7) is -0.952. The fraction of sp³-hybridized carbons (Fsp3) is 0.200. The molecule has 2 aromatic rings. The molecule has 1 heterocycles. The third-order valence-corrected chi connectivity index (χ3v) is 3.72. The van der Waals surface area contributed by atoms with Gasteiger partial charge in [-0.3, -0.25) is 19.2 Å². The zero-order valence-corrected chi connectivity index (χ0v) is 15.5. The monoisotopic (exact) mass is 399 g/mol. The van der Waals surface area contributed by atoms with Crippen LogP contribution in [0.4, 0.5) is 0 Å². The number of furan rings is 1. The molecule has 1 aromatic heterocycles. The summed E-state index contributed by atoms with van der Waals surface area (Å²) in [5.41, 5.74) is 0.818. The number of carbonyl (C=O) groups is 4. The fourth-order valence-corrected chi connectivity index (χ4v) is 2.35. The molecule has 0 spiro atoms. The van der Waals surface area contributed by atoms with Crippen molar-refractivity contribution in [3.63, 3.8) is 0 Å². The van der Waals surface area contributed by atoms with E-state index >= 15 is 0 Å². The van der Waals surface area contributed by atoms with Gasteiger partial charge in [-0.2, -0.15) is 0 Å². The molecule has 0 radical (unpaired) electrons. The van der Waals surface area contributed by atoms with E-state index in [1.165, 1.54) is 18.4 Å². The normalized spacial score (nSPS) is 11.6. The molecular weight excluding hydrogens is 378 g/mol. The van der Waals surface area contributed by atoms with Crippen LogP contribution in [-0.2, 0) is 25.6 Å². The maximum atomic E-state index is 12.5. The van der Waals surface area contributed by atoms with Gasteiger partial charge in [-0.1, -0.05) is 30.3 Å². The third-order valence-electron chi connectivity index (χ3n) is 3.72. The van der Waals surface area contributed by atoms with Gasteiger partial charge in [-0.15, -0.1) is 0 Å². The van der Waals surface area contributed by atoms with E-state index in [4.69, 9.17) is 9.52 Å². The average molecular weight is 399 g/mol. The molecule has 4 N–H and O–H groups in total. The molecule has 3 amide bonds. The summed E-state index contributed by atoms with van der Waals surface area (Å²) in [6, 6.07) is 11.5. The van der Waals surface area contributed by atoms with Gasteiger partial charge < -0.3 is 25.5 Å². The highest BCUT2D eigenvalue weighted by atomic mass is 16.4. The van der Waals surface area contributed by atoms with E-state index in [-0.39, 0.29) is 6.42 Å². The van der Waals surface area contributed by atoms with Crippen LogP contribution in [-0.4, -0.2) is 47.9 Å². The van der Waals surface area contributed by atoms with Crippen LogP contribution in [0.2, 0.25) is 0 Å². The Kier molecular flexibility index (Phi) is 8.18. The first-order valence-electron chi connectivity index (χ1n) is 8.76. The molecule has 0 fully saturated rings. The van der Waals surface area contributed by atoms with E-state index in [2.05, 4.69) is 16.0 Å². The van der Waals surface area contributed by atoms with Crippen molar-refractivity contribution >= 4 is 29.8 Å². The number of rotatable bonds is 10. The highest BCUT2D eigenvalue weighted by Gasteiger charge is 2.21. The molecule has 1 unspecified atom stereocenters. The summed E-state index contributed by atoms with van der Waals surface area (Å²) in [4.78, 5) is 46.7. The third kappa shape index (κ3) is 8.12.